The lowest BCUT2D eigenvalue weighted by molar-refractivity contribution is -0.161. The highest BCUT2D eigenvalue weighted by Gasteiger charge is 2.30. The quantitative estimate of drug-likeness (QED) is 0.0222. The van der Waals surface area contributed by atoms with E-state index < -0.39 is 97.5 Å². The van der Waals surface area contributed by atoms with Crippen LogP contribution in [0.1, 0.15) is 396 Å². The van der Waals surface area contributed by atoms with Crippen LogP contribution in [0.4, 0.5) is 0 Å². The number of aliphatic hydroxyl groups is 1. The number of carbonyl (C=O) groups is 4. The molecule has 0 fully saturated rings. The average molecular weight is 1420 g/mol. The van der Waals surface area contributed by atoms with Crippen molar-refractivity contribution < 1.29 is 80.2 Å². The normalized spacial score (nSPS) is 14.4. The maximum Gasteiger partial charge on any atom is 0.472 e. The first-order valence-corrected chi connectivity index (χ1v) is 43.2. The summed E-state index contributed by atoms with van der Waals surface area (Å²) >= 11 is 0. The van der Waals surface area contributed by atoms with Gasteiger partial charge in [-0.05, 0) is 49.4 Å². The Morgan fingerprint density at radius 2 is 0.495 bits per heavy atom. The highest BCUT2D eigenvalue weighted by Crippen LogP contribution is 2.45. The lowest BCUT2D eigenvalue weighted by Gasteiger charge is -2.21. The van der Waals surface area contributed by atoms with E-state index in [4.69, 9.17) is 37.0 Å². The summed E-state index contributed by atoms with van der Waals surface area (Å²) in [5, 5.41) is 10.6. The number of hydrogen-bond acceptors (Lipinski definition) is 15. The molecule has 17 nitrogen and oxygen atoms in total. The molecule has 0 aromatic carbocycles. The summed E-state index contributed by atoms with van der Waals surface area (Å²) in [6.07, 6.45) is 52.7. The van der Waals surface area contributed by atoms with Crippen LogP contribution in [0.15, 0.2) is 0 Å². The second-order valence-electron chi connectivity index (χ2n) is 29.8. The van der Waals surface area contributed by atoms with Crippen molar-refractivity contribution in [1.82, 2.24) is 0 Å². The largest absolute Gasteiger partial charge is 0.472 e. The third kappa shape index (κ3) is 70.9. The van der Waals surface area contributed by atoms with Gasteiger partial charge in [0.05, 0.1) is 26.4 Å². The monoisotopic (exact) mass is 1420 g/mol. The van der Waals surface area contributed by atoms with E-state index in [1.54, 1.807) is 0 Å². The van der Waals surface area contributed by atoms with Gasteiger partial charge < -0.3 is 33.8 Å². The number of aliphatic hydroxyl groups excluding tert-OH is 1. The molecule has 576 valence electrons. The van der Waals surface area contributed by atoms with Gasteiger partial charge in [-0.25, -0.2) is 9.13 Å². The predicted octanol–water partition coefficient (Wildman–Crippen LogP) is 22.8. The van der Waals surface area contributed by atoms with Crippen LogP contribution in [0, 0.1) is 23.7 Å². The van der Waals surface area contributed by atoms with E-state index >= 15 is 0 Å². The van der Waals surface area contributed by atoms with Crippen LogP contribution in [0.2, 0.25) is 0 Å². The molecule has 0 saturated carbocycles. The molecule has 0 aliphatic carbocycles. The molecule has 0 heterocycles. The molecular weight excluding hydrogens is 1270 g/mol. The number of phosphoric acid groups is 2. The number of hydrogen-bond donors (Lipinski definition) is 3. The number of ether oxygens (including phenoxy) is 4. The summed E-state index contributed by atoms with van der Waals surface area (Å²) in [5.41, 5.74) is 0. The zero-order chi connectivity index (χ0) is 71.7. The molecule has 3 unspecified atom stereocenters. The minimum Gasteiger partial charge on any atom is -0.462 e. The summed E-state index contributed by atoms with van der Waals surface area (Å²) < 4.78 is 68.6. The first-order valence-electron chi connectivity index (χ1n) is 40.2. The highest BCUT2D eigenvalue weighted by molar-refractivity contribution is 7.47. The SMILES string of the molecule is CCC(C)CCCCCCCCC(=O)OC[C@H](COP(=O)(O)OC[C@H](O)COP(=O)(O)OC[C@@H](COC(=O)CCCCCCCCCCCCCCC(C)C)OC(=O)CCCCCCCCCCCCCCCCC(C)C)OC(=O)CCCCCCCCCCCCCCC(C)C. The van der Waals surface area contributed by atoms with Crippen LogP contribution in [-0.4, -0.2) is 96.7 Å². The van der Waals surface area contributed by atoms with Crippen molar-refractivity contribution >= 4 is 39.5 Å². The molecule has 6 atom stereocenters. The van der Waals surface area contributed by atoms with E-state index in [0.717, 1.165) is 120 Å². The van der Waals surface area contributed by atoms with Crippen molar-refractivity contribution in [2.45, 2.75) is 414 Å². The summed E-state index contributed by atoms with van der Waals surface area (Å²) in [4.78, 5) is 72.9. The lowest BCUT2D eigenvalue weighted by Crippen LogP contribution is -2.30. The van der Waals surface area contributed by atoms with Crippen molar-refractivity contribution in [1.29, 1.82) is 0 Å². The number of phosphoric ester groups is 2. The molecule has 0 rings (SSSR count). The predicted molar refractivity (Wildman–Crippen MR) is 395 cm³/mol. The average Bonchev–Trinajstić information content (AvgIpc) is 1.38. The molecule has 0 aromatic heterocycles. The Labute approximate surface area is 594 Å². The van der Waals surface area contributed by atoms with Crippen LogP contribution < -0.4 is 0 Å². The minimum absolute atomic E-state index is 0.106. The minimum atomic E-state index is -4.96. The zero-order valence-corrected chi connectivity index (χ0v) is 65.5. The van der Waals surface area contributed by atoms with Crippen molar-refractivity contribution in [3.05, 3.63) is 0 Å². The van der Waals surface area contributed by atoms with Crippen molar-refractivity contribution in [2.75, 3.05) is 39.6 Å². The Kier molecular flexibility index (Phi) is 65.9. The molecule has 0 amide bonds. The Hall–Kier alpha value is -1.94. The van der Waals surface area contributed by atoms with Crippen LogP contribution >= 0.6 is 15.6 Å². The number of rotatable bonds is 75. The molecule has 0 aliphatic rings. The molecule has 0 radical (unpaired) electrons. The van der Waals surface area contributed by atoms with Crippen molar-refractivity contribution in [3.63, 3.8) is 0 Å². The van der Waals surface area contributed by atoms with Gasteiger partial charge in [-0.3, -0.25) is 37.3 Å². The van der Waals surface area contributed by atoms with E-state index in [0.29, 0.717) is 25.7 Å². The second kappa shape index (κ2) is 67.2. The van der Waals surface area contributed by atoms with Gasteiger partial charge in [-0.2, -0.15) is 0 Å². The summed E-state index contributed by atoms with van der Waals surface area (Å²) in [6, 6.07) is 0. The number of unbranched alkanes of at least 4 members (excludes halogenated alkanes) is 40. The number of carbonyl (C=O) groups excluding carboxylic acids is 4. The zero-order valence-electron chi connectivity index (χ0n) is 63.7. The van der Waals surface area contributed by atoms with Gasteiger partial charge in [0.2, 0.25) is 0 Å². The second-order valence-corrected chi connectivity index (χ2v) is 32.7. The summed E-state index contributed by atoms with van der Waals surface area (Å²) in [5.74, 6) is 0.966. The molecular formula is C78H152O17P2. The van der Waals surface area contributed by atoms with E-state index in [-0.39, 0.29) is 25.7 Å². The fraction of sp³-hybridized carbons (Fsp3) is 0.949. The van der Waals surface area contributed by atoms with Gasteiger partial charge in [-0.1, -0.05) is 344 Å². The first kappa shape index (κ1) is 95.1. The molecule has 97 heavy (non-hydrogen) atoms. The molecule has 3 N–H and O–H groups in total. The Morgan fingerprint density at radius 1 is 0.289 bits per heavy atom. The van der Waals surface area contributed by atoms with Crippen molar-refractivity contribution in [3.8, 4) is 0 Å². The van der Waals surface area contributed by atoms with E-state index in [1.165, 1.54) is 193 Å². The van der Waals surface area contributed by atoms with Gasteiger partial charge in [-0.15, -0.1) is 0 Å². The van der Waals surface area contributed by atoms with Crippen LogP contribution in [0.5, 0.6) is 0 Å². The Balaban J connectivity index is 5.26. The Bertz CT molecular complexity index is 1900. The fourth-order valence-electron chi connectivity index (χ4n) is 11.9. The van der Waals surface area contributed by atoms with Crippen LogP contribution in [0.25, 0.3) is 0 Å². The molecule has 0 aromatic rings. The molecule has 0 aliphatic heterocycles. The summed E-state index contributed by atoms with van der Waals surface area (Å²) in [7, 11) is -9.92. The van der Waals surface area contributed by atoms with E-state index in [9.17, 15) is 43.2 Å². The lowest BCUT2D eigenvalue weighted by atomic mass is 10.00. The van der Waals surface area contributed by atoms with Gasteiger partial charge in [0, 0.05) is 25.7 Å². The van der Waals surface area contributed by atoms with Crippen molar-refractivity contribution in [2.24, 2.45) is 23.7 Å². The molecule has 0 bridgehead atoms. The number of esters is 4. The van der Waals surface area contributed by atoms with Gasteiger partial charge >= 0.3 is 39.5 Å². The topological polar surface area (TPSA) is 237 Å². The third-order valence-electron chi connectivity index (χ3n) is 18.4. The molecule has 0 spiro atoms. The smallest absolute Gasteiger partial charge is 0.462 e. The standard InChI is InChI=1S/C78H152O17P2/c1-9-71(8)57-49-41-36-37-43-51-59-76(81)89-65-74(95-78(83)61-53-45-35-29-23-17-15-20-26-32-40-48-56-70(6)7)67-93-97(86,87)91-63-72(79)62-90-96(84,85)92-66-73(64-88-75(80)58-50-42-33-27-21-16-14-19-25-31-39-47-55-69(4)5)94-77(82)60-52-44-34-28-22-13-11-10-12-18-24-30-38-46-54-68(2)3/h68-74,79H,9-67H2,1-8H3,(H,84,85)(H,86,87)/t71?,72-,73-,74-/m1/s1. The summed E-state index contributed by atoms with van der Waals surface area (Å²) in [6.45, 7) is 14.2. The third-order valence-corrected chi connectivity index (χ3v) is 20.3. The van der Waals surface area contributed by atoms with Gasteiger partial charge in [0.15, 0.2) is 12.2 Å². The van der Waals surface area contributed by atoms with Gasteiger partial charge in [0.1, 0.15) is 19.3 Å². The Morgan fingerprint density at radius 3 is 0.732 bits per heavy atom. The van der Waals surface area contributed by atoms with Crippen LogP contribution in [0.3, 0.4) is 0 Å². The maximum absolute atomic E-state index is 13.1. The van der Waals surface area contributed by atoms with E-state index in [2.05, 4.69) is 55.4 Å². The van der Waals surface area contributed by atoms with Gasteiger partial charge in [0.25, 0.3) is 0 Å². The highest BCUT2D eigenvalue weighted by atomic mass is 31.2. The molecule has 19 heteroatoms. The first-order chi connectivity index (χ1) is 46.6. The maximum atomic E-state index is 13.1. The fourth-order valence-corrected chi connectivity index (χ4v) is 13.5. The molecule has 0 saturated heterocycles. The van der Waals surface area contributed by atoms with Crippen LogP contribution in [-0.2, 0) is 65.4 Å². The van der Waals surface area contributed by atoms with E-state index in [1.807, 2.05) is 0 Å².